The van der Waals surface area contributed by atoms with Gasteiger partial charge < -0.3 is 18.9 Å². The average molecular weight is 1270 g/mol. The van der Waals surface area contributed by atoms with Gasteiger partial charge in [0.05, 0.1) is 0 Å². The number of rotatable bonds is 16. The van der Waals surface area contributed by atoms with Crippen LogP contribution in [0.3, 0.4) is 0 Å². The molecule has 4 aliphatic carbocycles. The molecule has 0 aromatic rings. The summed E-state index contributed by atoms with van der Waals surface area (Å²) in [7, 11) is 0. The van der Waals surface area contributed by atoms with Gasteiger partial charge in [-0.15, -0.1) is 0 Å². The lowest BCUT2D eigenvalue weighted by Crippen LogP contribution is -2.18. The van der Waals surface area contributed by atoms with E-state index in [1.54, 1.807) is 24.3 Å². The fourth-order valence-electron chi connectivity index (χ4n) is 12.5. The normalized spacial score (nSPS) is 29.5. The van der Waals surface area contributed by atoms with E-state index in [4.69, 9.17) is 18.9 Å². The Balaban J connectivity index is 1.24. The van der Waals surface area contributed by atoms with Crippen molar-refractivity contribution >= 4 is 47.0 Å². The monoisotopic (exact) mass is 1260 g/mol. The van der Waals surface area contributed by atoms with E-state index in [1.165, 1.54) is 0 Å². The summed E-state index contributed by atoms with van der Waals surface area (Å²) in [6, 6.07) is 0. The smallest absolute Gasteiger partial charge is 0.306 e. The van der Waals surface area contributed by atoms with E-state index in [1.807, 2.05) is 48.6 Å². The predicted octanol–water partition coefficient (Wildman–Crippen LogP) is 18.7. The number of allylic oxidation sites excluding steroid dienone is 20. The molecule has 5 aliphatic rings. The molecule has 0 aromatic carbocycles. The number of unbranched alkanes of at least 4 members (excludes halogenated alkanes) is 8. The summed E-state index contributed by atoms with van der Waals surface area (Å²) in [5.74, 6) is -1.36. The Bertz CT molecular complexity index is 2360. The van der Waals surface area contributed by atoms with Crippen molar-refractivity contribution < 1.29 is 57.3 Å². The summed E-state index contributed by atoms with van der Waals surface area (Å²) >= 11 is 0. The molecule has 12 heteroatoms. The molecule has 5 rings (SSSR count). The molecule has 2 unspecified atom stereocenters. The average Bonchev–Trinajstić information content (AvgIpc) is 2.04. The zero-order valence-corrected chi connectivity index (χ0v) is 56.5. The molecular formula is C80H112O12. The highest BCUT2D eigenvalue weighted by molar-refractivity contribution is 6.08. The lowest BCUT2D eigenvalue weighted by molar-refractivity contribution is -0.150. The van der Waals surface area contributed by atoms with Crippen molar-refractivity contribution in [1.82, 2.24) is 0 Å². The summed E-state index contributed by atoms with van der Waals surface area (Å²) in [6.07, 6.45) is 63.0. The van der Waals surface area contributed by atoms with Crippen LogP contribution in [0.25, 0.3) is 0 Å². The van der Waals surface area contributed by atoms with Crippen molar-refractivity contribution in [1.29, 1.82) is 0 Å². The van der Waals surface area contributed by atoms with E-state index < -0.39 is 0 Å². The van der Waals surface area contributed by atoms with Crippen LogP contribution in [0.5, 0.6) is 0 Å². The molecule has 0 spiro atoms. The highest BCUT2D eigenvalue weighted by Gasteiger charge is 2.28. The van der Waals surface area contributed by atoms with Crippen molar-refractivity contribution in [2.45, 2.75) is 283 Å². The molecule has 0 radical (unpaired) electrons. The largest absolute Gasteiger partial charge is 0.462 e. The second-order valence-corrected chi connectivity index (χ2v) is 25.7. The van der Waals surface area contributed by atoms with Crippen LogP contribution in [0, 0.1) is 23.7 Å². The number of esters is 4. The molecule has 1 aliphatic heterocycles. The highest BCUT2D eigenvalue weighted by atomic mass is 16.6. The molecule has 504 valence electrons. The van der Waals surface area contributed by atoms with Crippen molar-refractivity contribution in [3.63, 3.8) is 0 Å². The Hall–Kier alpha value is -6.56. The number of hydrogen-bond donors (Lipinski definition) is 0. The van der Waals surface area contributed by atoms with Gasteiger partial charge in [0.15, 0.2) is 23.1 Å². The van der Waals surface area contributed by atoms with Crippen LogP contribution in [0.1, 0.15) is 259 Å². The molecule has 0 fully saturated rings. The standard InChI is InChI=1S/C80H112O12/c1-5-9-21-37-65-49-53-69-61(45-57-73(69)81)33-25-14-18-30-42-78(86)90-67(39-23-11-7-3)51-55-71-63(47-59-75(71)83)35-27-16-20-32-44-80(88)92-68(40-24-12-8-4)52-56-72-64(48-60-76(72)84)36-28-15-19-31-43-79(87)91-66(38-22-10-6-2)50-54-70-62(46-58-74(70)82)34-26-13-17-29-41-77(85)89-65/h13-16,25-28,45-48,53-68H,5-12,17-24,29-44,49-52H2,1-4H3/b25-14-,26-13-,27-16-,28-15-,69-53+,70-54+,71-55+,72-56+/t61-,62?,63?,64-,65-,66+,67+,68-/m0/s1. The van der Waals surface area contributed by atoms with Crippen LogP contribution in [0.2, 0.25) is 0 Å². The molecule has 1 heterocycles. The molecule has 0 saturated heterocycles. The van der Waals surface area contributed by atoms with E-state index in [9.17, 15) is 38.4 Å². The number of carbonyl (C=O) groups excluding carboxylic acids is 8. The molecule has 8 atom stereocenters. The van der Waals surface area contributed by atoms with Crippen molar-refractivity contribution in [2.75, 3.05) is 0 Å². The molecule has 92 heavy (non-hydrogen) atoms. The summed E-state index contributed by atoms with van der Waals surface area (Å²) < 4.78 is 24.2. The van der Waals surface area contributed by atoms with Gasteiger partial charge in [-0.1, -0.05) is 176 Å². The predicted molar refractivity (Wildman–Crippen MR) is 368 cm³/mol. The SMILES string of the molecule is CCCCC[C@H]1C/C=C2/C(=O)C=C[C@@H]2C/C=C\CCCC(=O)O[C@H](CCCCC)C/C=C2/C(=O)C=CC2C/C=C\CCCC(=O)O[C@@H](CCCCC)C/C=C2/C(=O)C=C[C@@H]2C/C=C\CCCC(=O)O[C@H](CCCCC)C/C=C2/C(=O)C=CC2C/C=C\CCCC(=O)O1. The molecule has 0 N–H and O–H groups in total. The first-order valence-electron chi connectivity index (χ1n) is 35.9. The van der Waals surface area contributed by atoms with Gasteiger partial charge in [-0.3, -0.25) is 38.4 Å². The lowest BCUT2D eigenvalue weighted by atomic mass is 9.95. The van der Waals surface area contributed by atoms with Gasteiger partial charge in [-0.2, -0.15) is 0 Å². The zero-order valence-electron chi connectivity index (χ0n) is 56.5. The first-order chi connectivity index (χ1) is 44.8. The van der Waals surface area contributed by atoms with E-state index >= 15 is 0 Å². The molecule has 0 amide bonds. The maximum atomic E-state index is 13.2. The first-order valence-corrected chi connectivity index (χ1v) is 35.9. The number of fused-ring (bicyclic) bond motifs is 4. The summed E-state index contributed by atoms with van der Waals surface area (Å²) in [5, 5.41) is 0. The van der Waals surface area contributed by atoms with Gasteiger partial charge >= 0.3 is 23.9 Å². The minimum atomic E-state index is -0.325. The maximum Gasteiger partial charge on any atom is 0.306 e. The number of ether oxygens (including phenoxy) is 4. The number of cyclic esters (lactones) is 4. The van der Waals surface area contributed by atoms with Crippen LogP contribution >= 0.6 is 0 Å². The number of ketones is 4. The highest BCUT2D eigenvalue weighted by Crippen LogP contribution is 2.32. The molecular weight excluding hydrogens is 1150 g/mol. The van der Waals surface area contributed by atoms with E-state index in [0.29, 0.717) is 103 Å². The van der Waals surface area contributed by atoms with Crippen molar-refractivity contribution in [3.05, 3.63) is 144 Å². The second kappa shape index (κ2) is 45.7. The van der Waals surface area contributed by atoms with E-state index in [0.717, 1.165) is 125 Å². The Morgan fingerprint density at radius 1 is 0.293 bits per heavy atom. The van der Waals surface area contributed by atoms with Gasteiger partial charge in [-0.05, 0) is 153 Å². The second-order valence-electron chi connectivity index (χ2n) is 25.7. The van der Waals surface area contributed by atoms with Crippen LogP contribution in [0.4, 0.5) is 0 Å². The van der Waals surface area contributed by atoms with Gasteiger partial charge in [-0.25, -0.2) is 0 Å². The Labute approximate surface area is 552 Å². The number of hydrogen-bond acceptors (Lipinski definition) is 12. The van der Waals surface area contributed by atoms with E-state index in [2.05, 4.69) is 76.3 Å². The third-order valence-corrected chi connectivity index (χ3v) is 18.0. The molecule has 0 saturated carbocycles. The molecule has 0 bridgehead atoms. The summed E-state index contributed by atoms with van der Waals surface area (Å²) in [5.41, 5.74) is 2.88. The quantitative estimate of drug-likeness (QED) is 0.0620. The molecule has 0 aromatic heterocycles. The van der Waals surface area contributed by atoms with Crippen LogP contribution in [-0.2, 0) is 57.3 Å². The minimum absolute atomic E-state index is 0.0185. The zero-order chi connectivity index (χ0) is 66.0. The van der Waals surface area contributed by atoms with Crippen molar-refractivity contribution in [3.8, 4) is 0 Å². The Morgan fingerprint density at radius 3 is 0.717 bits per heavy atom. The molecule has 12 nitrogen and oxygen atoms in total. The third kappa shape index (κ3) is 30.0. The minimum Gasteiger partial charge on any atom is -0.462 e. The fourth-order valence-corrected chi connectivity index (χ4v) is 12.5. The Kier molecular flexibility index (Phi) is 37.8. The van der Waals surface area contributed by atoms with Gasteiger partial charge in [0.25, 0.3) is 0 Å². The lowest BCUT2D eigenvalue weighted by Gasteiger charge is -2.18. The van der Waals surface area contributed by atoms with E-state index in [-0.39, 0.29) is 121 Å². The summed E-state index contributed by atoms with van der Waals surface area (Å²) in [6.45, 7) is 8.56. The van der Waals surface area contributed by atoms with Crippen LogP contribution in [0.15, 0.2) is 144 Å². The van der Waals surface area contributed by atoms with Crippen molar-refractivity contribution in [2.24, 2.45) is 23.7 Å². The van der Waals surface area contributed by atoms with Gasteiger partial charge in [0.2, 0.25) is 0 Å². The van der Waals surface area contributed by atoms with Crippen LogP contribution in [-0.4, -0.2) is 71.4 Å². The maximum absolute atomic E-state index is 13.2. The third-order valence-electron chi connectivity index (χ3n) is 18.0. The first kappa shape index (κ1) is 76.2. The number of carbonyl (C=O) groups is 8. The Morgan fingerprint density at radius 2 is 0.511 bits per heavy atom. The summed E-state index contributed by atoms with van der Waals surface area (Å²) in [4.78, 5) is 105. The fraction of sp³-hybridized carbons (Fsp3) is 0.600. The van der Waals surface area contributed by atoms with Gasteiger partial charge in [0, 0.05) is 97.3 Å². The van der Waals surface area contributed by atoms with Crippen LogP contribution < -0.4 is 0 Å². The van der Waals surface area contributed by atoms with Gasteiger partial charge in [0.1, 0.15) is 24.4 Å². The topological polar surface area (TPSA) is 173 Å².